The van der Waals surface area contributed by atoms with Crippen LogP contribution in [0.2, 0.25) is 10.0 Å². The highest BCUT2D eigenvalue weighted by atomic mass is 35.5. The average molecular weight is 733 g/mol. The van der Waals surface area contributed by atoms with Gasteiger partial charge in [-0.25, -0.2) is 13.2 Å². The zero-order valence-corrected chi connectivity index (χ0v) is 26.3. The molecular weight excluding hydrogens is 714 g/mol. The topological polar surface area (TPSA) is 80.3 Å². The van der Waals surface area contributed by atoms with Crippen LogP contribution in [-0.2, 0) is 33.2 Å². The Morgan fingerprint density at radius 2 is 1.56 bits per heavy atom. The first-order valence-electron chi connectivity index (χ1n) is 12.7. The number of amides is 1. The maximum atomic E-state index is 15.2. The minimum Gasteiger partial charge on any atom is -0.326 e. The van der Waals surface area contributed by atoms with Crippen LogP contribution in [0.25, 0.3) is 0 Å². The van der Waals surface area contributed by atoms with E-state index in [0.29, 0.717) is 5.56 Å². The first-order valence-corrected chi connectivity index (χ1v) is 15.7. The van der Waals surface area contributed by atoms with E-state index in [1.54, 1.807) is 0 Å². The van der Waals surface area contributed by atoms with Crippen LogP contribution in [0.4, 0.5) is 32.0 Å². The van der Waals surface area contributed by atoms with Crippen LogP contribution in [0, 0.1) is 23.4 Å². The molecule has 45 heavy (non-hydrogen) atoms. The number of benzene rings is 3. The fourth-order valence-electron chi connectivity index (χ4n) is 4.68. The van der Waals surface area contributed by atoms with E-state index in [1.165, 1.54) is 30.3 Å². The molecule has 0 aliphatic heterocycles. The summed E-state index contributed by atoms with van der Waals surface area (Å²) in [5, 5.41) is 2.31. The van der Waals surface area contributed by atoms with Gasteiger partial charge in [-0.2, -0.15) is 13.2 Å². The number of hydrogen-bond donors (Lipinski definition) is 1. The SMILES string of the molecule is O=C(Cc1c(F)ccc(CC(=O)c2cc(NC(=O)[C@H]3[C@H](c4ccc(F)c(Cl)c4)C3(Cl)Cl)ccc2Cl)c1F)CS(=O)CC(F)(F)F. The second-order valence-corrected chi connectivity index (χ2v) is 13.9. The van der Waals surface area contributed by atoms with Crippen molar-refractivity contribution in [2.24, 2.45) is 5.92 Å². The van der Waals surface area contributed by atoms with Crippen LogP contribution in [0.5, 0.6) is 0 Å². The fourth-order valence-corrected chi connectivity index (χ4v) is 6.85. The summed E-state index contributed by atoms with van der Waals surface area (Å²) in [5.74, 6) is -10.1. The number of ketones is 2. The van der Waals surface area contributed by atoms with Gasteiger partial charge in [-0.15, -0.1) is 23.2 Å². The van der Waals surface area contributed by atoms with E-state index in [9.17, 15) is 40.5 Å². The Kier molecular flexibility index (Phi) is 10.7. The Labute approximate surface area is 274 Å². The molecule has 0 saturated heterocycles. The summed E-state index contributed by atoms with van der Waals surface area (Å²) in [7, 11) is -2.62. The second kappa shape index (κ2) is 13.6. The first kappa shape index (κ1) is 35.2. The molecule has 16 heteroatoms. The van der Waals surface area contributed by atoms with Crippen LogP contribution in [0.3, 0.4) is 0 Å². The summed E-state index contributed by atoms with van der Waals surface area (Å²) in [6, 6.07) is 9.41. The van der Waals surface area contributed by atoms with Crippen molar-refractivity contribution in [1.29, 1.82) is 0 Å². The van der Waals surface area contributed by atoms with E-state index in [0.717, 1.165) is 18.2 Å². The Bertz CT molecular complexity index is 1720. The minimum absolute atomic E-state index is 0.0719. The molecule has 240 valence electrons. The normalized spacial score (nSPS) is 17.9. The van der Waals surface area contributed by atoms with Crippen molar-refractivity contribution in [2.45, 2.75) is 29.3 Å². The lowest BCUT2D eigenvalue weighted by Gasteiger charge is -2.12. The molecule has 1 N–H and O–H groups in total. The van der Waals surface area contributed by atoms with Gasteiger partial charge < -0.3 is 5.32 Å². The monoisotopic (exact) mass is 731 g/mol. The molecular formula is C29H19Cl4F6NO4S. The van der Waals surface area contributed by atoms with E-state index in [2.05, 4.69) is 5.32 Å². The lowest BCUT2D eigenvalue weighted by Crippen LogP contribution is -2.24. The van der Waals surface area contributed by atoms with Crippen molar-refractivity contribution >= 4 is 80.4 Å². The largest absolute Gasteiger partial charge is 0.400 e. The molecule has 0 bridgehead atoms. The molecule has 0 radical (unpaired) electrons. The van der Waals surface area contributed by atoms with Gasteiger partial charge in [-0.1, -0.05) is 35.3 Å². The number of halogens is 10. The van der Waals surface area contributed by atoms with Gasteiger partial charge in [0.1, 0.15) is 33.3 Å². The van der Waals surface area contributed by atoms with Crippen LogP contribution >= 0.6 is 46.4 Å². The van der Waals surface area contributed by atoms with E-state index in [4.69, 9.17) is 46.4 Å². The third-order valence-corrected chi connectivity index (χ3v) is 9.66. The zero-order valence-electron chi connectivity index (χ0n) is 22.4. The molecule has 1 amide bonds. The summed E-state index contributed by atoms with van der Waals surface area (Å²) >= 11 is 24.7. The molecule has 1 saturated carbocycles. The van der Waals surface area contributed by atoms with Gasteiger partial charge in [-0.05, 0) is 47.5 Å². The summed E-state index contributed by atoms with van der Waals surface area (Å²) in [6.07, 6.45) is -6.45. The van der Waals surface area contributed by atoms with E-state index < -0.39 is 98.0 Å². The number of nitrogens with one attached hydrogen (secondary N) is 1. The summed E-state index contributed by atoms with van der Waals surface area (Å²) in [6.45, 7) is 0. The Hall–Kier alpha value is -2.64. The number of Topliss-reactive ketones (excluding diaryl/α,β-unsaturated/α-hetero) is 2. The van der Waals surface area contributed by atoms with Gasteiger partial charge in [0.05, 0.1) is 21.7 Å². The fraction of sp³-hybridized carbons (Fsp3) is 0.276. The molecule has 1 unspecified atom stereocenters. The number of alkyl halides is 5. The summed E-state index contributed by atoms with van der Waals surface area (Å²) in [5.41, 5.74) is -0.778. The van der Waals surface area contributed by atoms with Crippen LogP contribution in [-0.4, -0.2) is 43.7 Å². The molecule has 4 rings (SSSR count). The maximum absolute atomic E-state index is 15.2. The van der Waals surface area contributed by atoms with Crippen LogP contribution in [0.15, 0.2) is 48.5 Å². The van der Waals surface area contributed by atoms with Crippen LogP contribution < -0.4 is 5.32 Å². The molecule has 1 fully saturated rings. The predicted molar refractivity (Wildman–Crippen MR) is 159 cm³/mol. The van der Waals surface area contributed by atoms with Crippen molar-refractivity contribution in [3.63, 3.8) is 0 Å². The number of anilines is 1. The lowest BCUT2D eigenvalue weighted by atomic mass is 9.98. The number of carbonyl (C=O) groups is 3. The van der Waals surface area contributed by atoms with Crippen molar-refractivity contribution in [3.8, 4) is 0 Å². The van der Waals surface area contributed by atoms with E-state index in [1.807, 2.05) is 0 Å². The van der Waals surface area contributed by atoms with Gasteiger partial charge in [-0.3, -0.25) is 18.6 Å². The molecule has 1 aliphatic carbocycles. The highest BCUT2D eigenvalue weighted by Gasteiger charge is 2.67. The van der Waals surface area contributed by atoms with Crippen molar-refractivity contribution < 1.29 is 44.9 Å². The molecule has 1 aliphatic rings. The quantitative estimate of drug-likeness (QED) is 0.124. The number of carbonyl (C=O) groups excluding carboxylic acids is 3. The van der Waals surface area contributed by atoms with Gasteiger partial charge in [0.15, 0.2) is 5.78 Å². The Morgan fingerprint density at radius 1 is 0.889 bits per heavy atom. The minimum atomic E-state index is -4.79. The number of rotatable bonds is 11. The standard InChI is InChI=1S/C29H19Cl4F6NO4S/c30-19-4-3-15(40-27(43)25-24(29(25,32)33)13-1-6-22(35)20(31)7-13)9-17(19)23(42)8-14-2-5-21(34)18(26(14)36)10-16(41)11-45(44)12-28(37,38)39/h1-7,9,24-25H,8,10-12H2,(H,40,43)/t24-,25+,45?/m0/s1. The van der Waals surface area contributed by atoms with Crippen molar-refractivity contribution in [2.75, 3.05) is 16.8 Å². The zero-order chi connectivity index (χ0) is 33.4. The van der Waals surface area contributed by atoms with Crippen molar-refractivity contribution in [1.82, 2.24) is 0 Å². The van der Waals surface area contributed by atoms with Gasteiger partial charge in [0.2, 0.25) is 5.91 Å². The molecule has 3 aromatic rings. The van der Waals surface area contributed by atoms with Gasteiger partial charge in [0, 0.05) is 46.4 Å². The third kappa shape index (κ3) is 8.40. The highest BCUT2D eigenvalue weighted by molar-refractivity contribution is 7.85. The molecule has 0 heterocycles. The van der Waals surface area contributed by atoms with Gasteiger partial charge >= 0.3 is 6.18 Å². The number of hydrogen-bond acceptors (Lipinski definition) is 4. The summed E-state index contributed by atoms with van der Waals surface area (Å²) < 4.78 is 90.4. The Balaban J connectivity index is 1.47. The molecule has 0 aromatic heterocycles. The maximum Gasteiger partial charge on any atom is 0.400 e. The third-order valence-electron chi connectivity index (χ3n) is 6.81. The average Bonchev–Trinajstić information content (AvgIpc) is 3.51. The smallest absolute Gasteiger partial charge is 0.326 e. The van der Waals surface area contributed by atoms with Crippen molar-refractivity contribution in [3.05, 3.63) is 98.3 Å². The Morgan fingerprint density at radius 3 is 2.20 bits per heavy atom. The molecule has 3 atom stereocenters. The molecule has 5 nitrogen and oxygen atoms in total. The van der Waals surface area contributed by atoms with E-state index in [-0.39, 0.29) is 26.9 Å². The van der Waals surface area contributed by atoms with Gasteiger partial charge in [0.25, 0.3) is 0 Å². The lowest BCUT2D eigenvalue weighted by molar-refractivity contribution is -0.118. The summed E-state index contributed by atoms with van der Waals surface area (Å²) in [4.78, 5) is 38.2. The molecule has 3 aromatic carbocycles. The second-order valence-electron chi connectivity index (χ2n) is 10.1. The predicted octanol–water partition coefficient (Wildman–Crippen LogP) is 7.78. The highest BCUT2D eigenvalue weighted by Crippen LogP contribution is 2.65. The van der Waals surface area contributed by atoms with Crippen LogP contribution in [0.1, 0.15) is 33.0 Å². The first-order chi connectivity index (χ1) is 20.9. The van der Waals surface area contributed by atoms with E-state index >= 15 is 4.39 Å². The molecule has 0 spiro atoms.